The molecule has 1 unspecified atom stereocenters. The van der Waals surface area contributed by atoms with E-state index in [1.165, 1.54) is 0 Å². The lowest BCUT2D eigenvalue weighted by molar-refractivity contribution is -0.117. The van der Waals surface area contributed by atoms with E-state index in [4.69, 9.17) is 4.74 Å². The lowest BCUT2D eigenvalue weighted by Gasteiger charge is -2.23. The Bertz CT molecular complexity index is 688. The van der Waals surface area contributed by atoms with Crippen LogP contribution in [0.25, 0.3) is 0 Å². The molecule has 2 heterocycles. The summed E-state index contributed by atoms with van der Waals surface area (Å²) in [4.78, 5) is 12.1. The number of rotatable bonds is 5. The molecular weight excluding hydrogens is 304 g/mol. The number of hydrogen-bond donors (Lipinski definition) is 2. The zero-order chi connectivity index (χ0) is 16.9. The van der Waals surface area contributed by atoms with Crippen LogP contribution in [0, 0.1) is 13.8 Å². The number of benzene rings is 1. The van der Waals surface area contributed by atoms with Crippen molar-refractivity contribution in [3.8, 4) is 0 Å². The van der Waals surface area contributed by atoms with Crippen molar-refractivity contribution < 1.29 is 9.53 Å². The van der Waals surface area contributed by atoms with Crippen molar-refractivity contribution in [1.82, 2.24) is 15.1 Å². The third kappa shape index (κ3) is 4.43. The zero-order valence-electron chi connectivity index (χ0n) is 14.2. The number of hydrogen-bond acceptors (Lipinski definition) is 4. The van der Waals surface area contributed by atoms with Crippen molar-refractivity contribution in [2.75, 3.05) is 25.1 Å². The van der Waals surface area contributed by atoms with E-state index in [9.17, 15) is 4.79 Å². The molecule has 0 spiro atoms. The molecule has 0 bridgehead atoms. The number of aryl methyl sites for hydroxylation is 2. The van der Waals surface area contributed by atoms with E-state index in [1.54, 1.807) is 0 Å². The molecule has 1 atom stereocenters. The van der Waals surface area contributed by atoms with Gasteiger partial charge in [-0.15, -0.1) is 0 Å². The number of ether oxygens (including phenoxy) is 1. The number of nitrogens with one attached hydrogen (secondary N) is 2. The molecule has 1 aliphatic heterocycles. The number of anilines is 1. The first-order valence-electron chi connectivity index (χ1n) is 8.31. The quantitative estimate of drug-likeness (QED) is 0.879. The maximum absolute atomic E-state index is 12.1. The Morgan fingerprint density at radius 3 is 2.79 bits per heavy atom. The van der Waals surface area contributed by atoms with Crippen LogP contribution in [-0.4, -0.2) is 41.5 Å². The van der Waals surface area contributed by atoms with Crippen molar-refractivity contribution in [2.45, 2.75) is 32.9 Å². The predicted molar refractivity (Wildman–Crippen MR) is 93.1 cm³/mol. The highest BCUT2D eigenvalue weighted by Gasteiger charge is 2.16. The van der Waals surface area contributed by atoms with Crippen LogP contribution in [0.5, 0.6) is 0 Å². The Hall–Kier alpha value is -2.18. The van der Waals surface area contributed by atoms with Crippen LogP contribution < -0.4 is 10.6 Å². The Morgan fingerprint density at radius 1 is 1.38 bits per heavy atom. The van der Waals surface area contributed by atoms with Crippen molar-refractivity contribution in [3.63, 3.8) is 0 Å². The summed E-state index contributed by atoms with van der Waals surface area (Å²) in [5.74, 6) is 0.00398. The van der Waals surface area contributed by atoms with Crippen molar-refractivity contribution in [3.05, 3.63) is 47.3 Å². The highest BCUT2D eigenvalue weighted by Crippen LogP contribution is 2.13. The molecule has 1 aliphatic rings. The molecule has 2 N–H and O–H groups in total. The largest absolute Gasteiger partial charge is 0.378 e. The first kappa shape index (κ1) is 16.7. The van der Waals surface area contributed by atoms with Crippen molar-refractivity contribution in [2.24, 2.45) is 0 Å². The van der Waals surface area contributed by atoms with Gasteiger partial charge in [-0.05, 0) is 37.6 Å². The average Bonchev–Trinajstić information content (AvgIpc) is 2.87. The summed E-state index contributed by atoms with van der Waals surface area (Å²) >= 11 is 0. The summed E-state index contributed by atoms with van der Waals surface area (Å²) in [6.07, 6.45) is 0.424. The second-order valence-corrected chi connectivity index (χ2v) is 6.26. The van der Waals surface area contributed by atoms with Gasteiger partial charge in [-0.2, -0.15) is 5.10 Å². The monoisotopic (exact) mass is 328 g/mol. The van der Waals surface area contributed by atoms with E-state index in [-0.39, 0.29) is 11.9 Å². The summed E-state index contributed by atoms with van der Waals surface area (Å²) in [6, 6.07) is 10.1. The lowest BCUT2D eigenvalue weighted by atomic mass is 10.1. The zero-order valence-corrected chi connectivity index (χ0v) is 14.2. The van der Waals surface area contributed by atoms with Crippen molar-refractivity contribution >= 4 is 11.6 Å². The second-order valence-electron chi connectivity index (χ2n) is 6.26. The minimum Gasteiger partial charge on any atom is -0.378 e. The van der Waals surface area contributed by atoms with Gasteiger partial charge >= 0.3 is 0 Å². The van der Waals surface area contributed by atoms with Crippen LogP contribution >= 0.6 is 0 Å². The van der Waals surface area contributed by atoms with Gasteiger partial charge in [0.2, 0.25) is 5.91 Å². The van der Waals surface area contributed by atoms with Crippen LogP contribution in [-0.2, 0) is 16.1 Å². The summed E-state index contributed by atoms with van der Waals surface area (Å²) in [6.45, 7) is 6.89. The predicted octanol–water partition coefficient (Wildman–Crippen LogP) is 1.87. The van der Waals surface area contributed by atoms with Crippen LogP contribution in [0.15, 0.2) is 30.3 Å². The number of morpholine rings is 1. The van der Waals surface area contributed by atoms with Gasteiger partial charge < -0.3 is 15.4 Å². The highest BCUT2D eigenvalue weighted by molar-refractivity contribution is 5.91. The maximum Gasteiger partial charge on any atom is 0.226 e. The number of aromatic nitrogens is 2. The standard InChI is InChI=1S/C18H24N4O2/c1-13-9-14(2)22(21-13)11-15-3-5-16(6-4-15)20-18(23)10-17-12-24-8-7-19-17/h3-6,9,17,19H,7-8,10-12H2,1-2H3,(H,20,23). The molecule has 1 amide bonds. The van der Waals surface area contributed by atoms with E-state index in [0.717, 1.165) is 42.3 Å². The van der Waals surface area contributed by atoms with E-state index in [0.29, 0.717) is 13.0 Å². The number of amides is 1. The number of carbonyl (C=O) groups is 1. The fourth-order valence-corrected chi connectivity index (χ4v) is 2.89. The molecule has 6 nitrogen and oxygen atoms in total. The van der Waals surface area contributed by atoms with E-state index < -0.39 is 0 Å². The average molecular weight is 328 g/mol. The van der Waals surface area contributed by atoms with Crippen molar-refractivity contribution in [1.29, 1.82) is 0 Å². The summed E-state index contributed by atoms with van der Waals surface area (Å²) in [5, 5.41) is 10.7. The molecule has 0 aliphatic carbocycles. The minimum atomic E-state index is 0.00398. The maximum atomic E-state index is 12.1. The molecule has 1 aromatic carbocycles. The molecule has 1 aromatic heterocycles. The Balaban J connectivity index is 1.54. The molecular formula is C18H24N4O2. The van der Waals surface area contributed by atoms with E-state index in [2.05, 4.69) is 28.7 Å². The minimum absolute atomic E-state index is 0.00398. The third-order valence-electron chi connectivity index (χ3n) is 4.10. The van der Waals surface area contributed by atoms with Gasteiger partial charge in [-0.25, -0.2) is 0 Å². The molecule has 128 valence electrons. The normalized spacial score (nSPS) is 17.7. The van der Waals surface area contributed by atoms with Gasteiger partial charge in [0.1, 0.15) is 0 Å². The van der Waals surface area contributed by atoms with Crippen LogP contribution in [0.2, 0.25) is 0 Å². The van der Waals surface area contributed by atoms with E-state index >= 15 is 0 Å². The number of nitrogens with zero attached hydrogens (tertiary/aromatic N) is 2. The van der Waals surface area contributed by atoms with Gasteiger partial charge in [0, 0.05) is 30.4 Å². The molecule has 6 heteroatoms. The first-order chi connectivity index (χ1) is 11.6. The fourth-order valence-electron chi connectivity index (χ4n) is 2.89. The summed E-state index contributed by atoms with van der Waals surface area (Å²) in [7, 11) is 0. The topological polar surface area (TPSA) is 68.2 Å². The van der Waals surface area contributed by atoms with Gasteiger partial charge in [-0.3, -0.25) is 9.48 Å². The lowest BCUT2D eigenvalue weighted by Crippen LogP contribution is -2.43. The van der Waals surface area contributed by atoms with Gasteiger partial charge in [0.15, 0.2) is 0 Å². The second kappa shape index (κ2) is 7.59. The van der Waals surface area contributed by atoms with E-state index in [1.807, 2.05) is 35.9 Å². The molecule has 24 heavy (non-hydrogen) atoms. The third-order valence-corrected chi connectivity index (χ3v) is 4.10. The first-order valence-corrected chi connectivity index (χ1v) is 8.31. The van der Waals surface area contributed by atoms with Gasteiger partial charge in [0.05, 0.1) is 25.5 Å². The molecule has 1 saturated heterocycles. The Morgan fingerprint density at radius 2 is 2.17 bits per heavy atom. The number of carbonyl (C=O) groups excluding carboxylic acids is 1. The molecule has 0 saturated carbocycles. The molecule has 1 fully saturated rings. The summed E-state index contributed by atoms with van der Waals surface area (Å²) < 4.78 is 7.35. The van der Waals surface area contributed by atoms with Gasteiger partial charge in [-0.1, -0.05) is 12.1 Å². The van der Waals surface area contributed by atoms with Crippen LogP contribution in [0.4, 0.5) is 5.69 Å². The van der Waals surface area contributed by atoms with Crippen LogP contribution in [0.1, 0.15) is 23.4 Å². The highest BCUT2D eigenvalue weighted by atomic mass is 16.5. The molecule has 2 aromatic rings. The SMILES string of the molecule is Cc1cc(C)n(Cc2ccc(NC(=O)CC3COCCN3)cc2)n1. The molecule has 0 radical (unpaired) electrons. The molecule has 3 rings (SSSR count). The Kier molecular flexibility index (Phi) is 5.27. The van der Waals surface area contributed by atoms with Gasteiger partial charge in [0.25, 0.3) is 0 Å². The smallest absolute Gasteiger partial charge is 0.226 e. The fraction of sp³-hybridized carbons (Fsp3) is 0.444. The summed E-state index contributed by atoms with van der Waals surface area (Å²) in [5.41, 5.74) is 4.14. The van der Waals surface area contributed by atoms with Crippen LogP contribution in [0.3, 0.4) is 0 Å². The Labute approximate surface area is 142 Å².